The molecule has 0 amide bonds. The highest BCUT2D eigenvalue weighted by Crippen LogP contribution is 2.24. The van der Waals surface area contributed by atoms with Crippen LogP contribution in [0.3, 0.4) is 0 Å². The third-order valence-corrected chi connectivity index (χ3v) is 5.67. The quantitative estimate of drug-likeness (QED) is 0.443. The molecule has 8 nitrogen and oxygen atoms in total. The van der Waals surface area contributed by atoms with Crippen LogP contribution in [0.5, 0.6) is 17.4 Å². The summed E-state index contributed by atoms with van der Waals surface area (Å²) in [7, 11) is -3.72. The van der Waals surface area contributed by atoms with E-state index in [0.29, 0.717) is 35.5 Å². The lowest BCUT2D eigenvalue weighted by atomic mass is 10.3. The minimum absolute atomic E-state index is 0.148. The van der Waals surface area contributed by atoms with Gasteiger partial charge in [-0.25, -0.2) is 18.4 Å². The molecule has 2 heterocycles. The zero-order chi connectivity index (χ0) is 21.7. The highest BCUT2D eigenvalue weighted by molar-refractivity contribution is 7.92. The van der Waals surface area contributed by atoms with Crippen molar-refractivity contribution >= 4 is 15.7 Å². The summed E-state index contributed by atoms with van der Waals surface area (Å²) in [6, 6.07) is 18.3. The van der Waals surface area contributed by atoms with Gasteiger partial charge in [-0.05, 0) is 67.6 Å². The summed E-state index contributed by atoms with van der Waals surface area (Å²) in [4.78, 5) is 8.48. The van der Waals surface area contributed by atoms with Crippen LogP contribution in [-0.2, 0) is 10.0 Å². The van der Waals surface area contributed by atoms with Gasteiger partial charge >= 0.3 is 0 Å². The molecule has 0 radical (unpaired) electrons. The van der Waals surface area contributed by atoms with Crippen molar-refractivity contribution < 1.29 is 17.9 Å². The van der Waals surface area contributed by atoms with Crippen LogP contribution >= 0.6 is 0 Å². The smallest absolute Gasteiger partial charge is 0.261 e. The van der Waals surface area contributed by atoms with Gasteiger partial charge in [0.15, 0.2) is 0 Å². The third kappa shape index (κ3) is 5.01. The molecule has 0 atom stereocenters. The molecule has 31 heavy (non-hydrogen) atoms. The fourth-order valence-corrected chi connectivity index (χ4v) is 3.88. The predicted octanol–water partition coefficient (Wildman–Crippen LogP) is 4.26. The molecule has 0 unspecified atom stereocenters. The average Bonchev–Trinajstić information content (AvgIpc) is 3.31. The first-order chi connectivity index (χ1) is 15.0. The molecular formula is C22H20N4O4S. The largest absolute Gasteiger partial charge is 0.494 e. The van der Waals surface area contributed by atoms with Crippen LogP contribution in [0.15, 0.2) is 90.3 Å². The minimum atomic E-state index is -3.72. The second-order valence-electron chi connectivity index (χ2n) is 6.44. The lowest BCUT2D eigenvalue weighted by molar-refractivity contribution is 0.340. The Morgan fingerprint density at radius 2 is 1.61 bits per heavy atom. The monoisotopic (exact) mass is 436 g/mol. The Morgan fingerprint density at radius 3 is 2.29 bits per heavy atom. The topological polar surface area (TPSA) is 95.3 Å². The molecule has 9 heteroatoms. The van der Waals surface area contributed by atoms with Crippen molar-refractivity contribution in [2.75, 3.05) is 11.3 Å². The maximum absolute atomic E-state index is 12.6. The van der Waals surface area contributed by atoms with Crippen LogP contribution in [0.4, 0.5) is 5.69 Å². The Balaban J connectivity index is 1.44. The summed E-state index contributed by atoms with van der Waals surface area (Å²) in [6.07, 6.45) is 5.17. The number of ether oxygens (including phenoxy) is 2. The highest BCUT2D eigenvalue weighted by Gasteiger charge is 2.14. The van der Waals surface area contributed by atoms with Gasteiger partial charge in [0, 0.05) is 24.1 Å². The summed E-state index contributed by atoms with van der Waals surface area (Å²) >= 11 is 0. The normalized spacial score (nSPS) is 11.1. The first-order valence-electron chi connectivity index (χ1n) is 9.52. The van der Waals surface area contributed by atoms with Crippen LogP contribution in [0.1, 0.15) is 6.92 Å². The SMILES string of the molecule is CCOc1ccc(S(=O)(=O)Nc2ccc(Oc3cc(-n4cccc4)ncn3)cc2)cc1. The van der Waals surface area contributed by atoms with E-state index in [9.17, 15) is 8.42 Å². The van der Waals surface area contributed by atoms with E-state index in [1.807, 2.05) is 36.0 Å². The summed E-state index contributed by atoms with van der Waals surface area (Å²) in [5.74, 6) is 2.19. The lowest BCUT2D eigenvalue weighted by Gasteiger charge is -2.10. The van der Waals surface area contributed by atoms with E-state index in [2.05, 4.69) is 14.7 Å². The fraction of sp³-hybridized carbons (Fsp3) is 0.0909. The molecule has 0 aliphatic heterocycles. The van der Waals surface area contributed by atoms with Crippen LogP contribution in [0.25, 0.3) is 5.82 Å². The van der Waals surface area contributed by atoms with Crippen molar-refractivity contribution in [1.82, 2.24) is 14.5 Å². The molecule has 1 N–H and O–H groups in total. The predicted molar refractivity (Wildman–Crippen MR) is 116 cm³/mol. The Kier molecular flexibility index (Phi) is 5.85. The number of sulfonamides is 1. The molecule has 2 aromatic heterocycles. The van der Waals surface area contributed by atoms with Gasteiger partial charge in [-0.15, -0.1) is 0 Å². The van der Waals surface area contributed by atoms with E-state index in [0.717, 1.165) is 0 Å². The first kappa shape index (κ1) is 20.4. The van der Waals surface area contributed by atoms with Crippen molar-refractivity contribution in [3.05, 3.63) is 85.5 Å². The molecule has 4 aromatic rings. The Labute approximate surface area is 180 Å². The summed E-state index contributed by atoms with van der Waals surface area (Å²) in [5, 5.41) is 0. The average molecular weight is 436 g/mol. The molecule has 0 spiro atoms. The maximum Gasteiger partial charge on any atom is 0.261 e. The number of rotatable bonds is 8. The number of nitrogens with zero attached hydrogens (tertiary/aromatic N) is 3. The molecule has 4 rings (SSSR count). The highest BCUT2D eigenvalue weighted by atomic mass is 32.2. The Bertz CT molecular complexity index is 1240. The molecule has 2 aromatic carbocycles. The Morgan fingerprint density at radius 1 is 0.935 bits per heavy atom. The number of hydrogen-bond donors (Lipinski definition) is 1. The standard InChI is InChI=1S/C22H20N4O4S/c1-2-29-18-9-11-20(12-10-18)31(27,28)25-17-5-7-19(8-6-17)30-22-15-21(23-16-24-22)26-13-3-4-14-26/h3-16,25H,2H2,1H3. The molecule has 0 aliphatic rings. The van der Waals surface area contributed by atoms with Crippen molar-refractivity contribution in [3.63, 3.8) is 0 Å². The van der Waals surface area contributed by atoms with Gasteiger partial charge in [-0.3, -0.25) is 4.72 Å². The molecule has 0 aliphatic carbocycles. The van der Waals surface area contributed by atoms with Gasteiger partial charge in [0.1, 0.15) is 23.6 Å². The van der Waals surface area contributed by atoms with Crippen molar-refractivity contribution in [3.8, 4) is 23.2 Å². The molecule has 158 valence electrons. The molecule has 0 fully saturated rings. The van der Waals surface area contributed by atoms with E-state index in [1.54, 1.807) is 42.5 Å². The van der Waals surface area contributed by atoms with E-state index >= 15 is 0 Å². The van der Waals surface area contributed by atoms with Gasteiger partial charge in [-0.1, -0.05) is 0 Å². The van der Waals surface area contributed by atoms with Crippen molar-refractivity contribution in [1.29, 1.82) is 0 Å². The zero-order valence-electron chi connectivity index (χ0n) is 16.7. The minimum Gasteiger partial charge on any atom is -0.494 e. The van der Waals surface area contributed by atoms with Crippen LogP contribution in [-0.4, -0.2) is 29.6 Å². The first-order valence-corrected chi connectivity index (χ1v) is 11.0. The number of anilines is 1. The van der Waals surface area contributed by atoms with E-state index in [4.69, 9.17) is 9.47 Å². The number of hydrogen-bond acceptors (Lipinski definition) is 6. The van der Waals surface area contributed by atoms with E-state index in [-0.39, 0.29) is 4.90 Å². The van der Waals surface area contributed by atoms with Crippen molar-refractivity contribution in [2.45, 2.75) is 11.8 Å². The van der Waals surface area contributed by atoms with E-state index in [1.165, 1.54) is 18.5 Å². The summed E-state index contributed by atoms with van der Waals surface area (Å²) in [5.41, 5.74) is 0.414. The number of nitrogens with one attached hydrogen (secondary N) is 1. The number of aromatic nitrogens is 3. The molecule has 0 bridgehead atoms. The summed E-state index contributed by atoms with van der Waals surface area (Å²) < 4.78 is 40.7. The second-order valence-corrected chi connectivity index (χ2v) is 8.12. The third-order valence-electron chi connectivity index (χ3n) is 4.27. The maximum atomic E-state index is 12.6. The van der Waals surface area contributed by atoms with Crippen LogP contribution in [0.2, 0.25) is 0 Å². The van der Waals surface area contributed by atoms with Gasteiger partial charge in [-0.2, -0.15) is 0 Å². The Hall–Kier alpha value is -3.85. The van der Waals surface area contributed by atoms with Gasteiger partial charge < -0.3 is 14.0 Å². The van der Waals surface area contributed by atoms with Crippen LogP contribution in [0, 0.1) is 0 Å². The second kappa shape index (κ2) is 8.88. The molecule has 0 saturated carbocycles. The van der Waals surface area contributed by atoms with E-state index < -0.39 is 10.0 Å². The fourth-order valence-electron chi connectivity index (χ4n) is 2.82. The van der Waals surface area contributed by atoms with Gasteiger partial charge in [0.05, 0.1) is 11.5 Å². The lowest BCUT2D eigenvalue weighted by Crippen LogP contribution is -2.12. The molecule has 0 saturated heterocycles. The van der Waals surface area contributed by atoms with Gasteiger partial charge in [0.2, 0.25) is 5.88 Å². The zero-order valence-corrected chi connectivity index (χ0v) is 17.5. The number of benzene rings is 2. The van der Waals surface area contributed by atoms with Crippen molar-refractivity contribution in [2.24, 2.45) is 0 Å². The van der Waals surface area contributed by atoms with Gasteiger partial charge in [0.25, 0.3) is 10.0 Å². The summed E-state index contributed by atoms with van der Waals surface area (Å²) in [6.45, 7) is 2.38. The molecular weight excluding hydrogens is 416 g/mol. The van der Waals surface area contributed by atoms with Crippen LogP contribution < -0.4 is 14.2 Å².